The van der Waals surface area contributed by atoms with Crippen LogP contribution >= 0.6 is 0 Å². The van der Waals surface area contributed by atoms with E-state index in [4.69, 9.17) is 0 Å². The minimum absolute atomic E-state index is 0.468. The van der Waals surface area contributed by atoms with E-state index in [1.807, 2.05) is 0 Å². The maximum absolute atomic E-state index is 9.47. The molecule has 0 heterocycles. The third-order valence-corrected chi connectivity index (χ3v) is 2.84. The number of hydrogen-bond donors (Lipinski definition) is 1. The molecule has 3 nitrogen and oxygen atoms in total. The average molecular weight is 353 g/mol. The molecule has 0 aromatic heterocycles. The Kier molecular flexibility index (Phi) is 7.00. The van der Waals surface area contributed by atoms with Gasteiger partial charge >= 0.3 is 65.5 Å². The fraction of sp³-hybridized carbons (Fsp3) is 0.125. The van der Waals surface area contributed by atoms with E-state index in [2.05, 4.69) is 41.1 Å². The summed E-state index contributed by atoms with van der Waals surface area (Å²) < 4.78 is 1.52. The number of benzene rings is 1. The van der Waals surface area contributed by atoms with Crippen LogP contribution in [0.3, 0.4) is 0 Å². The molecule has 61 valence electrons. The van der Waals surface area contributed by atoms with Crippen molar-refractivity contribution in [3.05, 3.63) is 30.3 Å². The summed E-state index contributed by atoms with van der Waals surface area (Å²) in [7, 11) is 0. The summed E-state index contributed by atoms with van der Waals surface area (Å²) in [5.74, 6) is 3.85. The quantitative estimate of drug-likeness (QED) is 0.539. The van der Waals surface area contributed by atoms with E-state index >= 15 is 0 Å². The first kappa shape index (κ1) is 11.6. The first-order chi connectivity index (χ1) is 5.66. The van der Waals surface area contributed by atoms with Gasteiger partial charge in [-0.2, -0.15) is 5.90 Å². The summed E-state index contributed by atoms with van der Waals surface area (Å²) in [6.07, 6.45) is 0. The van der Waals surface area contributed by atoms with Gasteiger partial charge < -0.3 is 4.84 Å². The molecule has 0 aliphatic heterocycles. The zero-order valence-corrected chi connectivity index (χ0v) is 12.5. The van der Waals surface area contributed by atoms with Gasteiger partial charge in [0.2, 0.25) is 0 Å². The number of carbonyl (C=O) groups is 1. The molecule has 0 unspecified atom stereocenters. The number of nitrogens with two attached hydrogens (primary N) is 1. The summed E-state index contributed by atoms with van der Waals surface area (Å²) in [4.78, 5) is 13.1. The van der Waals surface area contributed by atoms with E-state index in [1.165, 1.54) is 10.00 Å². The molecule has 0 bridgehead atoms. The van der Waals surface area contributed by atoms with Crippen molar-refractivity contribution in [1.29, 1.82) is 0 Å². The van der Waals surface area contributed by atoms with Gasteiger partial charge in [-0.25, -0.2) is 0 Å². The van der Waals surface area contributed by atoms with Crippen LogP contribution in [0.1, 0.15) is 6.92 Å². The molecule has 0 aliphatic rings. The van der Waals surface area contributed by atoms with E-state index in [0.29, 0.717) is 0 Å². The summed E-state index contributed by atoms with van der Waals surface area (Å²) in [5, 5.41) is 0. The van der Waals surface area contributed by atoms with Crippen LogP contribution in [0, 0.1) is 0 Å². The monoisotopic (exact) mass is 354 g/mol. The number of rotatable bonds is 0. The maximum atomic E-state index is 9.47. The molecule has 0 saturated heterocycles. The van der Waals surface area contributed by atoms with Gasteiger partial charge in [0.15, 0.2) is 0 Å². The third-order valence-electron chi connectivity index (χ3n) is 1.01. The fourth-order valence-corrected chi connectivity index (χ4v) is 1.54. The SMILES string of the molecule is CC(=O)ON.[Hg][c]1ccccc1. The Morgan fingerprint density at radius 1 is 1.42 bits per heavy atom. The Morgan fingerprint density at radius 3 is 2.00 bits per heavy atom. The van der Waals surface area contributed by atoms with Crippen LogP contribution in [0.25, 0.3) is 0 Å². The van der Waals surface area contributed by atoms with Crippen molar-refractivity contribution in [1.82, 2.24) is 0 Å². The first-order valence-corrected chi connectivity index (χ1v) is 6.16. The van der Waals surface area contributed by atoms with Crippen LogP contribution in [0.5, 0.6) is 0 Å². The van der Waals surface area contributed by atoms with E-state index in [0.717, 1.165) is 26.1 Å². The van der Waals surface area contributed by atoms with Gasteiger partial charge in [0, 0.05) is 6.92 Å². The van der Waals surface area contributed by atoms with E-state index in [9.17, 15) is 4.79 Å². The number of carbonyl (C=O) groups excluding carboxylic acids is 1. The van der Waals surface area contributed by atoms with Crippen molar-refractivity contribution in [2.24, 2.45) is 5.90 Å². The molecule has 1 rings (SSSR count). The molecular weight excluding hydrogens is 343 g/mol. The van der Waals surface area contributed by atoms with E-state index in [-0.39, 0.29) is 0 Å². The summed E-state index contributed by atoms with van der Waals surface area (Å²) >= 11 is 0.810. The van der Waals surface area contributed by atoms with Gasteiger partial charge in [0.05, 0.1) is 0 Å². The fourth-order valence-electron chi connectivity index (χ4n) is 0.478. The molecular formula is C8H10HgNO2. The second kappa shape index (κ2) is 7.25. The summed E-state index contributed by atoms with van der Waals surface area (Å²) in [5.41, 5.74) is 0. The van der Waals surface area contributed by atoms with Gasteiger partial charge in [0.1, 0.15) is 0 Å². The van der Waals surface area contributed by atoms with Gasteiger partial charge in [-0.3, -0.25) is 4.79 Å². The molecule has 0 aliphatic carbocycles. The predicted octanol–water partition coefficient (Wildman–Crippen LogP) is 0.282. The van der Waals surface area contributed by atoms with Crippen molar-refractivity contribution >= 4 is 9.04 Å². The van der Waals surface area contributed by atoms with Crippen molar-refractivity contribution < 1.29 is 35.8 Å². The van der Waals surface area contributed by atoms with Gasteiger partial charge in [-0.15, -0.1) is 0 Å². The van der Waals surface area contributed by atoms with Crippen molar-refractivity contribution in [3.63, 3.8) is 0 Å². The molecule has 0 spiro atoms. The molecule has 2 N–H and O–H groups in total. The normalized spacial score (nSPS) is 8.00. The van der Waals surface area contributed by atoms with Crippen molar-refractivity contribution in [3.8, 4) is 0 Å². The Bertz CT molecular complexity index is 226. The van der Waals surface area contributed by atoms with Gasteiger partial charge in [0.25, 0.3) is 0 Å². The third kappa shape index (κ3) is 7.69. The summed E-state index contributed by atoms with van der Waals surface area (Å²) in [6.45, 7) is 1.24. The van der Waals surface area contributed by atoms with Crippen LogP contribution < -0.4 is 8.97 Å². The molecule has 1 aromatic carbocycles. The minimum atomic E-state index is -0.468. The Balaban J connectivity index is 0.000000217. The second-order valence-electron chi connectivity index (χ2n) is 2.10. The molecule has 1 aromatic rings. The van der Waals surface area contributed by atoms with Gasteiger partial charge in [-0.05, 0) is 0 Å². The van der Waals surface area contributed by atoms with Crippen LogP contribution in [0.15, 0.2) is 30.3 Å². The van der Waals surface area contributed by atoms with Crippen LogP contribution in [0.2, 0.25) is 0 Å². The predicted molar refractivity (Wildman–Crippen MR) is 42.0 cm³/mol. The van der Waals surface area contributed by atoms with Crippen LogP contribution in [-0.4, -0.2) is 5.97 Å². The molecule has 0 amide bonds. The zero-order chi connectivity index (χ0) is 9.40. The second-order valence-corrected chi connectivity index (χ2v) is 5.27. The molecule has 0 atom stereocenters. The Hall–Kier alpha value is -0.415. The van der Waals surface area contributed by atoms with Crippen LogP contribution in [0.4, 0.5) is 0 Å². The van der Waals surface area contributed by atoms with E-state index < -0.39 is 5.97 Å². The first-order valence-electron chi connectivity index (χ1n) is 3.41. The molecule has 0 fully saturated rings. The average Bonchev–Trinajstić information content (AvgIpc) is 2.07. The topological polar surface area (TPSA) is 52.3 Å². The molecule has 12 heavy (non-hydrogen) atoms. The van der Waals surface area contributed by atoms with Crippen LogP contribution in [-0.2, 0) is 35.8 Å². The Labute approximate surface area is 87.8 Å². The molecule has 0 radical (unpaired) electrons. The van der Waals surface area contributed by atoms with E-state index in [1.54, 1.807) is 0 Å². The summed E-state index contributed by atoms with van der Waals surface area (Å²) in [6, 6.07) is 10.6. The van der Waals surface area contributed by atoms with Gasteiger partial charge in [-0.1, -0.05) is 0 Å². The number of hydrogen-bond acceptors (Lipinski definition) is 3. The standard InChI is InChI=1S/C6H5.C2H5NO2.Hg/c1-2-4-6-5-3-1;1-2(4)5-3;/h1-5H;3H2,1H3;. The molecule has 0 saturated carbocycles. The zero-order valence-electron chi connectivity index (χ0n) is 6.99. The van der Waals surface area contributed by atoms with Crippen molar-refractivity contribution in [2.75, 3.05) is 0 Å². The van der Waals surface area contributed by atoms with Crippen molar-refractivity contribution in [2.45, 2.75) is 6.92 Å². The Morgan fingerprint density at radius 2 is 1.83 bits per heavy atom. The molecule has 4 heteroatoms.